The fourth-order valence-electron chi connectivity index (χ4n) is 3.09. The molecule has 19 heavy (non-hydrogen) atoms. The van der Waals surface area contributed by atoms with E-state index in [1.54, 1.807) is 13.1 Å². The molecule has 4 atom stereocenters. The highest BCUT2D eigenvalue weighted by atomic mass is 16.6. The molecule has 1 aromatic rings. The van der Waals surface area contributed by atoms with Gasteiger partial charge in [0.2, 0.25) is 0 Å². The lowest BCUT2D eigenvalue weighted by atomic mass is 9.88. The molecule has 2 fully saturated rings. The van der Waals surface area contributed by atoms with Gasteiger partial charge < -0.3 is 9.47 Å². The first-order chi connectivity index (χ1) is 8.98. The number of aryl methyl sites for hydroxylation is 1. The van der Waals surface area contributed by atoms with Gasteiger partial charge in [-0.25, -0.2) is 4.79 Å². The van der Waals surface area contributed by atoms with E-state index in [1.807, 2.05) is 0 Å². The SMILES string of the molecule is CC[C@]12CO[C@@H](C1C)[C@H](n1cc(C)c(=O)[nH]c1=O)O2. The first-order valence-electron chi connectivity index (χ1n) is 6.60. The molecule has 2 bridgehead atoms. The predicted molar refractivity (Wildman–Crippen MR) is 68.1 cm³/mol. The summed E-state index contributed by atoms with van der Waals surface area (Å²) >= 11 is 0. The summed E-state index contributed by atoms with van der Waals surface area (Å²) in [4.78, 5) is 25.6. The number of H-pyrrole nitrogens is 1. The number of aromatic nitrogens is 2. The van der Waals surface area contributed by atoms with E-state index < -0.39 is 11.9 Å². The fourth-order valence-corrected chi connectivity index (χ4v) is 3.09. The van der Waals surface area contributed by atoms with Crippen LogP contribution in [0, 0.1) is 12.8 Å². The van der Waals surface area contributed by atoms with Gasteiger partial charge in [0, 0.05) is 17.7 Å². The summed E-state index contributed by atoms with van der Waals surface area (Å²) < 4.78 is 13.3. The van der Waals surface area contributed by atoms with Crippen LogP contribution in [0.1, 0.15) is 32.1 Å². The Morgan fingerprint density at radius 1 is 1.53 bits per heavy atom. The van der Waals surface area contributed by atoms with Crippen molar-refractivity contribution in [2.45, 2.75) is 45.1 Å². The van der Waals surface area contributed by atoms with Crippen molar-refractivity contribution in [2.75, 3.05) is 6.61 Å². The first-order valence-corrected chi connectivity index (χ1v) is 6.60. The molecule has 0 aromatic carbocycles. The topological polar surface area (TPSA) is 73.3 Å². The number of rotatable bonds is 2. The van der Waals surface area contributed by atoms with Crippen molar-refractivity contribution in [3.63, 3.8) is 0 Å². The Labute approximate surface area is 110 Å². The van der Waals surface area contributed by atoms with E-state index in [0.717, 1.165) is 6.42 Å². The number of hydrogen-bond acceptors (Lipinski definition) is 4. The second kappa shape index (κ2) is 4.05. The number of ether oxygens (including phenoxy) is 2. The van der Waals surface area contributed by atoms with Crippen molar-refractivity contribution in [3.05, 3.63) is 32.6 Å². The monoisotopic (exact) mass is 266 g/mol. The largest absolute Gasteiger partial charge is 0.370 e. The average molecular weight is 266 g/mol. The molecular weight excluding hydrogens is 248 g/mol. The summed E-state index contributed by atoms with van der Waals surface area (Å²) in [6, 6.07) is 0. The maximum atomic E-state index is 11.9. The van der Waals surface area contributed by atoms with Crippen LogP contribution in [-0.4, -0.2) is 27.9 Å². The molecule has 0 radical (unpaired) electrons. The molecule has 2 aliphatic rings. The van der Waals surface area contributed by atoms with Crippen LogP contribution in [0.15, 0.2) is 15.8 Å². The zero-order chi connectivity index (χ0) is 13.8. The molecule has 0 saturated carbocycles. The van der Waals surface area contributed by atoms with Crippen LogP contribution < -0.4 is 11.2 Å². The number of nitrogens with zero attached hydrogens (tertiary/aromatic N) is 1. The second-order valence-electron chi connectivity index (χ2n) is 5.47. The van der Waals surface area contributed by atoms with Gasteiger partial charge >= 0.3 is 5.69 Å². The van der Waals surface area contributed by atoms with Crippen molar-refractivity contribution in [2.24, 2.45) is 5.92 Å². The van der Waals surface area contributed by atoms with Crippen molar-refractivity contribution >= 4 is 0 Å². The standard InChI is InChI=1S/C13H18N2O4/c1-4-13-6-18-9(8(13)3)11(19-13)15-5-7(2)10(16)14-12(15)17/h5,8-9,11H,4,6H2,1-3H3,(H,14,16,17)/t8?,9-,11+,13-/m0/s1. The van der Waals surface area contributed by atoms with Gasteiger partial charge in [-0.3, -0.25) is 14.3 Å². The lowest BCUT2D eigenvalue weighted by Crippen LogP contribution is -2.41. The van der Waals surface area contributed by atoms with E-state index in [9.17, 15) is 9.59 Å². The molecule has 6 nitrogen and oxygen atoms in total. The Morgan fingerprint density at radius 3 is 2.89 bits per heavy atom. The van der Waals surface area contributed by atoms with Crippen molar-refractivity contribution in [1.82, 2.24) is 9.55 Å². The van der Waals surface area contributed by atoms with E-state index in [-0.39, 0.29) is 23.2 Å². The lowest BCUT2D eigenvalue weighted by molar-refractivity contribution is -0.174. The van der Waals surface area contributed by atoms with Gasteiger partial charge in [0.05, 0.1) is 12.2 Å². The molecule has 1 N–H and O–H groups in total. The van der Waals surface area contributed by atoms with E-state index in [4.69, 9.17) is 9.47 Å². The van der Waals surface area contributed by atoms with E-state index in [0.29, 0.717) is 12.2 Å². The lowest BCUT2D eigenvalue weighted by Gasteiger charge is -2.31. The molecule has 0 spiro atoms. The number of nitrogens with one attached hydrogen (secondary N) is 1. The van der Waals surface area contributed by atoms with Gasteiger partial charge in [-0.15, -0.1) is 0 Å². The van der Waals surface area contributed by atoms with Crippen LogP contribution in [0.4, 0.5) is 0 Å². The molecule has 2 saturated heterocycles. The van der Waals surface area contributed by atoms with Crippen LogP contribution in [0.3, 0.4) is 0 Å². The average Bonchev–Trinajstić information content (AvgIpc) is 2.85. The van der Waals surface area contributed by atoms with Crippen molar-refractivity contribution < 1.29 is 9.47 Å². The van der Waals surface area contributed by atoms with Crippen LogP contribution in [0.2, 0.25) is 0 Å². The Balaban J connectivity index is 2.04. The minimum absolute atomic E-state index is 0.136. The van der Waals surface area contributed by atoms with Gasteiger partial charge in [0.15, 0.2) is 6.23 Å². The summed E-state index contributed by atoms with van der Waals surface area (Å²) in [5.74, 6) is 0.238. The molecule has 0 aliphatic carbocycles. The Hall–Kier alpha value is -1.40. The number of aromatic amines is 1. The number of fused-ring (bicyclic) bond motifs is 2. The normalized spacial score (nSPS) is 36.9. The van der Waals surface area contributed by atoms with Gasteiger partial charge in [-0.2, -0.15) is 0 Å². The molecular formula is C13H18N2O4. The third-order valence-corrected chi connectivity index (χ3v) is 4.50. The summed E-state index contributed by atoms with van der Waals surface area (Å²) in [5.41, 5.74) is -0.623. The van der Waals surface area contributed by atoms with Gasteiger partial charge in [-0.05, 0) is 13.3 Å². The Kier molecular flexibility index (Phi) is 2.69. The van der Waals surface area contributed by atoms with Crippen molar-refractivity contribution in [1.29, 1.82) is 0 Å². The highest BCUT2D eigenvalue weighted by Crippen LogP contribution is 2.49. The molecule has 104 valence electrons. The molecule has 3 heterocycles. The van der Waals surface area contributed by atoms with Crippen LogP contribution in [0.5, 0.6) is 0 Å². The van der Waals surface area contributed by atoms with Crippen LogP contribution in [0.25, 0.3) is 0 Å². The van der Waals surface area contributed by atoms with Crippen molar-refractivity contribution in [3.8, 4) is 0 Å². The van der Waals surface area contributed by atoms with E-state index in [2.05, 4.69) is 18.8 Å². The molecule has 1 aromatic heterocycles. The smallest absolute Gasteiger partial charge is 0.330 e. The molecule has 2 aliphatic heterocycles. The zero-order valence-electron chi connectivity index (χ0n) is 11.3. The van der Waals surface area contributed by atoms with Crippen LogP contribution >= 0.6 is 0 Å². The maximum Gasteiger partial charge on any atom is 0.330 e. The van der Waals surface area contributed by atoms with E-state index >= 15 is 0 Å². The summed E-state index contributed by atoms with van der Waals surface area (Å²) in [6.07, 6.45) is 1.80. The van der Waals surface area contributed by atoms with E-state index in [1.165, 1.54) is 4.57 Å². The second-order valence-corrected chi connectivity index (χ2v) is 5.47. The third kappa shape index (κ3) is 1.63. The Bertz CT molecular complexity index is 620. The zero-order valence-corrected chi connectivity index (χ0v) is 11.3. The molecule has 6 heteroatoms. The molecule has 3 rings (SSSR count). The Morgan fingerprint density at radius 2 is 2.26 bits per heavy atom. The summed E-state index contributed by atoms with van der Waals surface area (Å²) in [5, 5.41) is 0. The maximum absolute atomic E-state index is 11.9. The third-order valence-electron chi connectivity index (χ3n) is 4.50. The summed E-state index contributed by atoms with van der Waals surface area (Å²) in [6.45, 7) is 6.39. The highest BCUT2D eigenvalue weighted by molar-refractivity contribution is 5.07. The minimum Gasteiger partial charge on any atom is -0.370 e. The molecule has 0 amide bonds. The quantitative estimate of drug-likeness (QED) is 0.848. The van der Waals surface area contributed by atoms with Gasteiger partial charge in [-0.1, -0.05) is 13.8 Å². The summed E-state index contributed by atoms with van der Waals surface area (Å²) in [7, 11) is 0. The van der Waals surface area contributed by atoms with Gasteiger partial charge in [0.25, 0.3) is 5.56 Å². The fraction of sp³-hybridized carbons (Fsp3) is 0.692. The minimum atomic E-state index is -0.452. The van der Waals surface area contributed by atoms with Crippen LogP contribution in [-0.2, 0) is 9.47 Å². The first kappa shape index (κ1) is 12.6. The molecule has 1 unspecified atom stereocenters. The predicted octanol–water partition coefficient (Wildman–Crippen LogP) is 0.558. The highest BCUT2D eigenvalue weighted by Gasteiger charge is 2.58. The number of hydrogen-bond donors (Lipinski definition) is 1. The van der Waals surface area contributed by atoms with Gasteiger partial charge in [0.1, 0.15) is 6.10 Å².